The van der Waals surface area contributed by atoms with Gasteiger partial charge >= 0.3 is 0 Å². The second-order valence-corrected chi connectivity index (χ2v) is 5.45. The summed E-state index contributed by atoms with van der Waals surface area (Å²) in [6, 6.07) is 18.8. The van der Waals surface area contributed by atoms with Crippen molar-refractivity contribution < 1.29 is 13.9 Å². The minimum absolute atomic E-state index is 0.0862. The lowest BCUT2D eigenvalue weighted by molar-refractivity contribution is 0.473. The molecule has 0 saturated carbocycles. The van der Waals surface area contributed by atoms with E-state index in [-0.39, 0.29) is 5.75 Å². The highest BCUT2D eigenvalue weighted by Gasteiger charge is 2.16. The van der Waals surface area contributed by atoms with Gasteiger partial charge in [-0.15, -0.1) is 0 Å². The number of rotatable bonds is 1. The molecule has 0 fully saturated rings. The highest BCUT2D eigenvalue weighted by atomic mass is 16.4. The van der Waals surface area contributed by atoms with Gasteiger partial charge in [-0.3, -0.25) is 0 Å². The third-order valence-electron chi connectivity index (χ3n) is 4.02. The predicted molar refractivity (Wildman–Crippen MR) is 88.4 cm³/mol. The van der Waals surface area contributed by atoms with Crippen molar-refractivity contribution in [3.8, 4) is 17.2 Å². The van der Waals surface area contributed by atoms with Gasteiger partial charge in [0.2, 0.25) is 5.89 Å². The molecule has 110 valence electrons. The zero-order valence-electron chi connectivity index (χ0n) is 12.0. The summed E-state index contributed by atoms with van der Waals surface area (Å²) in [6.45, 7) is 0. The van der Waals surface area contributed by atoms with Crippen molar-refractivity contribution in [1.82, 2.24) is 4.98 Å². The standard InChI is InChI=1S/C19H11NO3/c21-15-10-18-12(11-5-1-3-7-16(11)22-18)9-13(15)19-20-14-6-2-4-8-17(14)23-19/h1-10,21H. The number of hydrogen-bond acceptors (Lipinski definition) is 4. The first-order valence-corrected chi connectivity index (χ1v) is 7.30. The Morgan fingerprint density at radius 3 is 2.39 bits per heavy atom. The molecule has 3 aromatic carbocycles. The number of benzene rings is 3. The van der Waals surface area contributed by atoms with Gasteiger partial charge in [-0.25, -0.2) is 4.98 Å². The van der Waals surface area contributed by atoms with Crippen LogP contribution in [-0.4, -0.2) is 10.1 Å². The summed E-state index contributed by atoms with van der Waals surface area (Å²) in [6.07, 6.45) is 0. The quantitative estimate of drug-likeness (QED) is 0.468. The van der Waals surface area contributed by atoms with E-state index in [9.17, 15) is 5.11 Å². The maximum atomic E-state index is 10.4. The van der Waals surface area contributed by atoms with Gasteiger partial charge in [0.15, 0.2) is 5.58 Å². The Bertz CT molecular complexity index is 1150. The van der Waals surface area contributed by atoms with Crippen molar-refractivity contribution in [1.29, 1.82) is 0 Å². The lowest BCUT2D eigenvalue weighted by Gasteiger charge is -2.00. The average Bonchev–Trinajstić information content (AvgIpc) is 3.14. The third kappa shape index (κ3) is 1.75. The van der Waals surface area contributed by atoms with Crippen LogP contribution in [0.15, 0.2) is 69.5 Å². The molecule has 0 aliphatic carbocycles. The van der Waals surface area contributed by atoms with E-state index < -0.39 is 0 Å². The summed E-state index contributed by atoms with van der Waals surface area (Å²) in [5.41, 5.74) is 3.44. The molecular weight excluding hydrogens is 290 g/mol. The number of fused-ring (bicyclic) bond motifs is 4. The fraction of sp³-hybridized carbons (Fsp3) is 0. The van der Waals surface area contributed by atoms with Crippen molar-refractivity contribution in [2.75, 3.05) is 0 Å². The first kappa shape index (κ1) is 12.3. The lowest BCUT2D eigenvalue weighted by Crippen LogP contribution is -1.79. The summed E-state index contributed by atoms with van der Waals surface area (Å²) in [7, 11) is 0. The maximum Gasteiger partial charge on any atom is 0.231 e. The van der Waals surface area contributed by atoms with E-state index in [4.69, 9.17) is 8.83 Å². The number of phenolic OH excluding ortho intramolecular Hbond substituents is 1. The predicted octanol–water partition coefficient (Wildman–Crippen LogP) is 5.10. The van der Waals surface area contributed by atoms with Crippen LogP contribution >= 0.6 is 0 Å². The van der Waals surface area contributed by atoms with E-state index in [0.29, 0.717) is 22.6 Å². The smallest absolute Gasteiger partial charge is 0.231 e. The number of furan rings is 1. The molecular formula is C19H11NO3. The Hall–Kier alpha value is -3.27. The number of phenols is 1. The van der Waals surface area contributed by atoms with Crippen LogP contribution in [0, 0.1) is 0 Å². The molecule has 5 aromatic rings. The first-order valence-electron chi connectivity index (χ1n) is 7.30. The van der Waals surface area contributed by atoms with Crippen LogP contribution < -0.4 is 0 Å². The Morgan fingerprint density at radius 1 is 0.739 bits per heavy atom. The summed E-state index contributed by atoms with van der Waals surface area (Å²) in [5.74, 6) is 0.485. The molecule has 5 rings (SSSR count). The second kappa shape index (κ2) is 4.36. The van der Waals surface area contributed by atoms with E-state index >= 15 is 0 Å². The van der Waals surface area contributed by atoms with Gasteiger partial charge in [-0.2, -0.15) is 0 Å². The second-order valence-electron chi connectivity index (χ2n) is 5.45. The van der Waals surface area contributed by atoms with Gasteiger partial charge in [-0.1, -0.05) is 30.3 Å². The molecule has 0 amide bonds. The van der Waals surface area contributed by atoms with E-state index in [1.54, 1.807) is 6.07 Å². The highest BCUT2D eigenvalue weighted by molar-refractivity contribution is 6.07. The topological polar surface area (TPSA) is 59.4 Å². The average molecular weight is 301 g/mol. The number of aromatic nitrogens is 1. The normalized spacial score (nSPS) is 11.7. The van der Waals surface area contributed by atoms with Gasteiger partial charge in [0.05, 0.1) is 5.56 Å². The molecule has 0 saturated heterocycles. The van der Waals surface area contributed by atoms with E-state index in [1.165, 1.54) is 0 Å². The number of aromatic hydroxyl groups is 1. The summed E-state index contributed by atoms with van der Waals surface area (Å²) in [5, 5.41) is 12.3. The maximum absolute atomic E-state index is 10.4. The third-order valence-corrected chi connectivity index (χ3v) is 4.02. The molecule has 1 N–H and O–H groups in total. The number of oxazole rings is 1. The fourth-order valence-corrected chi connectivity index (χ4v) is 2.92. The molecule has 0 atom stereocenters. The molecule has 0 aliphatic rings. The number of nitrogens with zero attached hydrogens (tertiary/aromatic N) is 1. The van der Waals surface area contributed by atoms with E-state index in [2.05, 4.69) is 4.98 Å². The zero-order valence-corrected chi connectivity index (χ0v) is 12.0. The molecule has 0 aliphatic heterocycles. The van der Waals surface area contributed by atoms with Gasteiger partial charge in [0.1, 0.15) is 22.4 Å². The lowest BCUT2D eigenvalue weighted by atomic mass is 10.1. The van der Waals surface area contributed by atoms with Gasteiger partial charge in [-0.05, 0) is 24.3 Å². The molecule has 0 spiro atoms. The summed E-state index contributed by atoms with van der Waals surface area (Å²) < 4.78 is 11.5. The van der Waals surface area contributed by atoms with E-state index in [1.807, 2.05) is 54.6 Å². The minimum atomic E-state index is 0.0862. The Morgan fingerprint density at radius 2 is 1.52 bits per heavy atom. The van der Waals surface area contributed by atoms with Crippen LogP contribution in [0.5, 0.6) is 5.75 Å². The summed E-state index contributed by atoms with van der Waals surface area (Å²) >= 11 is 0. The molecule has 2 aromatic heterocycles. The zero-order chi connectivity index (χ0) is 15.4. The molecule has 0 unspecified atom stereocenters. The fourth-order valence-electron chi connectivity index (χ4n) is 2.92. The Kier molecular flexibility index (Phi) is 2.33. The van der Waals surface area contributed by atoms with Crippen LogP contribution in [0.2, 0.25) is 0 Å². The number of para-hydroxylation sites is 3. The highest BCUT2D eigenvalue weighted by Crippen LogP contribution is 2.38. The van der Waals surface area contributed by atoms with Gasteiger partial charge in [0.25, 0.3) is 0 Å². The van der Waals surface area contributed by atoms with Crippen molar-refractivity contribution in [2.45, 2.75) is 0 Å². The van der Waals surface area contributed by atoms with E-state index in [0.717, 1.165) is 21.9 Å². The Balaban J connectivity index is 1.83. The first-order chi connectivity index (χ1) is 11.3. The summed E-state index contributed by atoms with van der Waals surface area (Å²) in [4.78, 5) is 4.46. The van der Waals surface area contributed by atoms with Crippen molar-refractivity contribution in [3.05, 3.63) is 60.7 Å². The largest absolute Gasteiger partial charge is 0.507 e. The molecule has 0 radical (unpaired) electrons. The van der Waals surface area contributed by atoms with Crippen LogP contribution in [0.4, 0.5) is 0 Å². The molecule has 4 heteroatoms. The molecule has 2 heterocycles. The van der Waals surface area contributed by atoms with Crippen LogP contribution in [0.3, 0.4) is 0 Å². The van der Waals surface area contributed by atoms with Crippen molar-refractivity contribution >= 4 is 33.0 Å². The van der Waals surface area contributed by atoms with Gasteiger partial charge in [0, 0.05) is 16.8 Å². The van der Waals surface area contributed by atoms with Crippen LogP contribution in [-0.2, 0) is 0 Å². The van der Waals surface area contributed by atoms with Gasteiger partial charge < -0.3 is 13.9 Å². The number of hydrogen-bond donors (Lipinski definition) is 1. The van der Waals surface area contributed by atoms with Crippen LogP contribution in [0.1, 0.15) is 0 Å². The monoisotopic (exact) mass is 301 g/mol. The van der Waals surface area contributed by atoms with Crippen LogP contribution in [0.25, 0.3) is 44.5 Å². The molecule has 23 heavy (non-hydrogen) atoms. The van der Waals surface area contributed by atoms with Crippen molar-refractivity contribution in [2.24, 2.45) is 0 Å². The molecule has 0 bridgehead atoms. The van der Waals surface area contributed by atoms with Crippen molar-refractivity contribution in [3.63, 3.8) is 0 Å². The Labute approximate surface area is 130 Å². The molecule has 4 nitrogen and oxygen atoms in total. The SMILES string of the molecule is Oc1cc2oc3ccccc3c2cc1-c1nc2ccccc2o1. The minimum Gasteiger partial charge on any atom is -0.507 e.